The molecule has 0 aliphatic heterocycles. The Kier molecular flexibility index (Phi) is 1.65. The van der Waals surface area contributed by atoms with Gasteiger partial charge in [0.15, 0.2) is 5.43 Å². The molecule has 0 spiro atoms. The minimum absolute atomic E-state index is 0.0342. The molecule has 0 aliphatic rings. The number of benzene rings is 1. The van der Waals surface area contributed by atoms with Crippen molar-refractivity contribution in [3.05, 3.63) is 34.0 Å². The molecule has 0 aromatic heterocycles. The van der Waals surface area contributed by atoms with E-state index < -0.39 is 5.97 Å². The lowest BCUT2D eigenvalue weighted by molar-refractivity contribution is 0.0529. The van der Waals surface area contributed by atoms with Crippen LogP contribution in [0.25, 0.3) is 10.8 Å². The summed E-state index contributed by atoms with van der Waals surface area (Å²) in [4.78, 5) is 22.3. The summed E-state index contributed by atoms with van der Waals surface area (Å²) in [5.74, 6) is -0.412. The molecule has 0 aliphatic carbocycles. The van der Waals surface area contributed by atoms with Crippen molar-refractivity contribution in [1.29, 1.82) is 0 Å². The molecule has 0 N–H and O–H groups in total. The molecule has 0 saturated carbocycles. The van der Waals surface area contributed by atoms with Crippen molar-refractivity contribution in [1.82, 2.24) is 0 Å². The lowest BCUT2D eigenvalue weighted by Gasteiger charge is -1.98. The molecule has 0 saturated heterocycles. The number of carbonyl (C=O) groups excluding carboxylic acids is 1. The highest BCUT2D eigenvalue weighted by atomic mass is 16.5. The van der Waals surface area contributed by atoms with Crippen molar-refractivity contribution in [3.63, 3.8) is 0 Å². The predicted octanol–water partition coefficient (Wildman–Crippen LogP) is 1.25. The third kappa shape index (κ3) is 1.13. The normalized spacial score (nSPS) is 10.8. The molecule has 0 heterocycles. The van der Waals surface area contributed by atoms with Crippen LogP contribution >= 0.6 is 0 Å². The van der Waals surface area contributed by atoms with E-state index in [1.54, 1.807) is 25.1 Å². The van der Waals surface area contributed by atoms with Crippen LogP contribution < -0.4 is 5.43 Å². The predicted molar refractivity (Wildman–Crippen MR) is 48.5 cm³/mol. The summed E-state index contributed by atoms with van der Waals surface area (Å²) in [5.41, 5.74) is 0.359. The lowest BCUT2D eigenvalue weighted by Crippen LogP contribution is -2.03. The van der Waals surface area contributed by atoms with Gasteiger partial charge in [-0.15, -0.1) is 0 Å². The first-order valence-electron chi connectivity index (χ1n) is 4.10. The van der Waals surface area contributed by atoms with Crippen molar-refractivity contribution >= 4 is 16.7 Å². The average molecular weight is 176 g/mol. The van der Waals surface area contributed by atoms with Crippen molar-refractivity contribution in [2.45, 2.75) is 6.92 Å². The third-order valence-electron chi connectivity index (χ3n) is 1.97. The molecule has 0 fully saturated rings. The Hall–Kier alpha value is -1.64. The first-order valence-corrected chi connectivity index (χ1v) is 4.10. The number of hydrogen-bond donors (Lipinski definition) is 0. The second-order valence-corrected chi connectivity index (χ2v) is 2.78. The monoisotopic (exact) mass is 176 g/mol. The van der Waals surface area contributed by atoms with Gasteiger partial charge < -0.3 is 4.74 Å². The summed E-state index contributed by atoms with van der Waals surface area (Å²) in [6.45, 7) is 2.07. The SMILES string of the molecule is CCOC(=O)c1cccc2c(=O)c12. The number of ether oxygens (including phenoxy) is 1. The third-order valence-corrected chi connectivity index (χ3v) is 1.97. The fourth-order valence-electron chi connectivity index (χ4n) is 1.31. The summed E-state index contributed by atoms with van der Waals surface area (Å²) < 4.78 is 4.80. The van der Waals surface area contributed by atoms with Gasteiger partial charge in [-0.25, -0.2) is 4.79 Å². The molecule has 3 nitrogen and oxygen atoms in total. The Morgan fingerprint density at radius 2 is 2.23 bits per heavy atom. The van der Waals surface area contributed by atoms with E-state index in [1.807, 2.05) is 0 Å². The first-order chi connectivity index (χ1) is 6.25. The second-order valence-electron chi connectivity index (χ2n) is 2.78. The topological polar surface area (TPSA) is 43.4 Å². The number of rotatable bonds is 2. The molecule has 2 aromatic rings. The number of esters is 1. The highest BCUT2D eigenvalue weighted by Gasteiger charge is 2.20. The van der Waals surface area contributed by atoms with Gasteiger partial charge in [0, 0.05) is 10.8 Å². The Morgan fingerprint density at radius 1 is 1.46 bits per heavy atom. The number of hydrogen-bond acceptors (Lipinski definition) is 3. The fraction of sp³-hybridized carbons (Fsp3) is 0.200. The zero-order valence-corrected chi connectivity index (χ0v) is 7.16. The van der Waals surface area contributed by atoms with E-state index in [9.17, 15) is 9.59 Å². The van der Waals surface area contributed by atoms with Crippen molar-refractivity contribution < 1.29 is 9.53 Å². The van der Waals surface area contributed by atoms with Crippen LogP contribution in [0.5, 0.6) is 0 Å². The van der Waals surface area contributed by atoms with Crippen LogP contribution in [0, 0.1) is 0 Å². The molecular formula is C10H8O3. The van der Waals surface area contributed by atoms with Crippen LogP contribution in [0.2, 0.25) is 0 Å². The Balaban J connectivity index is 2.43. The summed E-state index contributed by atoms with van der Waals surface area (Å²) in [7, 11) is 0. The molecule has 3 heteroatoms. The molecule has 13 heavy (non-hydrogen) atoms. The van der Waals surface area contributed by atoms with Gasteiger partial charge in [0.1, 0.15) is 0 Å². The Morgan fingerprint density at radius 3 is 2.92 bits per heavy atom. The molecule has 0 amide bonds. The summed E-state index contributed by atoms with van der Waals surface area (Å²) in [6.07, 6.45) is 0. The maximum Gasteiger partial charge on any atom is 0.338 e. The van der Waals surface area contributed by atoms with Crippen LogP contribution in [0.3, 0.4) is 0 Å². The molecule has 2 aromatic carbocycles. The zero-order chi connectivity index (χ0) is 9.42. The molecule has 0 radical (unpaired) electrons. The van der Waals surface area contributed by atoms with Crippen molar-refractivity contribution in [3.8, 4) is 0 Å². The minimum Gasteiger partial charge on any atom is -0.462 e. The van der Waals surface area contributed by atoms with Crippen molar-refractivity contribution in [2.75, 3.05) is 6.61 Å². The second kappa shape index (κ2) is 2.69. The molecule has 0 unspecified atom stereocenters. The number of carbonyl (C=O) groups is 1. The Bertz CT molecular complexity index is 475. The van der Waals surface area contributed by atoms with Crippen molar-refractivity contribution in [2.24, 2.45) is 0 Å². The van der Waals surface area contributed by atoms with Gasteiger partial charge in [0.25, 0.3) is 0 Å². The van der Waals surface area contributed by atoms with E-state index in [4.69, 9.17) is 4.74 Å². The molecule has 2 rings (SSSR count). The van der Waals surface area contributed by atoms with Gasteiger partial charge in [0.2, 0.25) is 0 Å². The fourth-order valence-corrected chi connectivity index (χ4v) is 1.31. The van der Waals surface area contributed by atoms with E-state index in [2.05, 4.69) is 0 Å². The average Bonchev–Trinajstić information content (AvgIpc) is 2.78. The largest absolute Gasteiger partial charge is 0.462 e. The van der Waals surface area contributed by atoms with E-state index in [1.165, 1.54) is 0 Å². The smallest absolute Gasteiger partial charge is 0.338 e. The summed E-state index contributed by atoms with van der Waals surface area (Å²) in [6, 6.07) is 5.01. The molecular weight excluding hydrogens is 168 g/mol. The van der Waals surface area contributed by atoms with E-state index in [0.29, 0.717) is 22.9 Å². The quantitative estimate of drug-likeness (QED) is 0.647. The van der Waals surface area contributed by atoms with E-state index >= 15 is 0 Å². The van der Waals surface area contributed by atoms with Crippen LogP contribution in [0.4, 0.5) is 0 Å². The summed E-state index contributed by atoms with van der Waals surface area (Å²) in [5, 5.41) is 1.17. The van der Waals surface area contributed by atoms with Gasteiger partial charge in [-0.1, -0.05) is 12.1 Å². The standard InChI is InChI=1S/C10H8O3/c1-2-13-10(12)7-5-3-4-6-8(7)9(6)11/h3-5H,2H2,1H3. The van der Waals surface area contributed by atoms with Gasteiger partial charge in [-0.2, -0.15) is 0 Å². The van der Waals surface area contributed by atoms with Gasteiger partial charge >= 0.3 is 5.97 Å². The van der Waals surface area contributed by atoms with Crippen LogP contribution in [-0.4, -0.2) is 12.6 Å². The summed E-state index contributed by atoms with van der Waals surface area (Å²) >= 11 is 0. The van der Waals surface area contributed by atoms with Gasteiger partial charge in [0.05, 0.1) is 12.2 Å². The highest BCUT2D eigenvalue weighted by Crippen LogP contribution is 2.20. The van der Waals surface area contributed by atoms with Crippen LogP contribution in [0.1, 0.15) is 17.3 Å². The van der Waals surface area contributed by atoms with E-state index in [0.717, 1.165) is 0 Å². The van der Waals surface area contributed by atoms with Crippen LogP contribution in [0.15, 0.2) is 23.0 Å². The Labute approximate surface area is 74.6 Å². The van der Waals surface area contributed by atoms with Gasteiger partial charge in [-0.3, -0.25) is 4.79 Å². The first kappa shape index (κ1) is 7.98. The maximum atomic E-state index is 11.3. The molecule has 0 atom stereocenters. The maximum absolute atomic E-state index is 11.3. The van der Waals surface area contributed by atoms with E-state index in [-0.39, 0.29) is 5.43 Å². The minimum atomic E-state index is -0.412. The lowest BCUT2D eigenvalue weighted by atomic mass is 10.2. The highest BCUT2D eigenvalue weighted by molar-refractivity contribution is 6.11. The number of fused-ring (bicyclic) bond motifs is 1. The van der Waals surface area contributed by atoms with Crippen LogP contribution in [-0.2, 0) is 4.74 Å². The molecule has 0 bridgehead atoms. The molecule has 66 valence electrons. The zero-order valence-electron chi connectivity index (χ0n) is 7.16. The van der Waals surface area contributed by atoms with Gasteiger partial charge in [-0.05, 0) is 13.0 Å².